The molecule has 19 heavy (non-hydrogen) atoms. The van der Waals surface area contributed by atoms with Gasteiger partial charge in [-0.2, -0.15) is 0 Å². The van der Waals surface area contributed by atoms with E-state index in [4.69, 9.17) is 9.47 Å². The molecule has 0 saturated heterocycles. The zero-order chi connectivity index (χ0) is 14.0. The summed E-state index contributed by atoms with van der Waals surface area (Å²) in [4.78, 5) is 14.2. The highest BCUT2D eigenvalue weighted by Crippen LogP contribution is 2.43. The van der Waals surface area contributed by atoms with Crippen LogP contribution in [0.5, 0.6) is 0 Å². The molecule has 0 aromatic carbocycles. The lowest BCUT2D eigenvalue weighted by Gasteiger charge is -2.25. The summed E-state index contributed by atoms with van der Waals surface area (Å²) in [5.74, 6) is 0.427. The Balaban J connectivity index is 2.14. The average Bonchev–Trinajstić information content (AvgIpc) is 2.72. The molecule has 1 heterocycles. The number of rotatable bonds is 4. The van der Waals surface area contributed by atoms with Crippen molar-refractivity contribution in [2.24, 2.45) is 0 Å². The van der Waals surface area contributed by atoms with Crippen molar-refractivity contribution in [1.82, 2.24) is 0 Å². The van der Waals surface area contributed by atoms with Crippen LogP contribution in [-0.4, -0.2) is 19.2 Å². The molecule has 4 heteroatoms. The molecule has 0 N–H and O–H groups in total. The number of carbonyl (C=O) groups excluding carboxylic acids is 1. The molecule has 2 unspecified atom stereocenters. The standard InChI is InChI=1S/C15H22O3S/c1-9(2)18-14(16)8-11-7-12-13(17-4)6-5-10(3)15(12)19-11/h7,9-10,13H,5-6,8H2,1-4H3. The van der Waals surface area contributed by atoms with Crippen LogP contribution in [0.4, 0.5) is 0 Å². The second-order valence-electron chi connectivity index (χ2n) is 5.45. The molecule has 3 nitrogen and oxygen atoms in total. The Morgan fingerprint density at radius 1 is 1.47 bits per heavy atom. The van der Waals surface area contributed by atoms with E-state index in [1.54, 1.807) is 18.4 Å². The molecule has 2 atom stereocenters. The summed E-state index contributed by atoms with van der Waals surface area (Å²) in [5, 5.41) is 0. The van der Waals surface area contributed by atoms with E-state index in [2.05, 4.69) is 13.0 Å². The van der Waals surface area contributed by atoms with Gasteiger partial charge in [0.15, 0.2) is 0 Å². The maximum absolute atomic E-state index is 11.7. The maximum atomic E-state index is 11.7. The number of hydrogen-bond donors (Lipinski definition) is 0. The van der Waals surface area contributed by atoms with Crippen molar-refractivity contribution in [1.29, 1.82) is 0 Å². The molecule has 0 fully saturated rings. The number of esters is 1. The SMILES string of the molecule is COC1CCC(C)c2sc(CC(=O)OC(C)C)cc21. The highest BCUT2D eigenvalue weighted by molar-refractivity contribution is 7.12. The zero-order valence-electron chi connectivity index (χ0n) is 12.1. The predicted molar refractivity (Wildman–Crippen MR) is 76.7 cm³/mol. The molecular weight excluding hydrogens is 260 g/mol. The monoisotopic (exact) mass is 282 g/mol. The molecule has 2 rings (SSSR count). The largest absolute Gasteiger partial charge is 0.463 e. The van der Waals surface area contributed by atoms with Crippen LogP contribution in [0.3, 0.4) is 0 Å². The Morgan fingerprint density at radius 2 is 2.21 bits per heavy atom. The lowest BCUT2D eigenvalue weighted by molar-refractivity contribution is -0.146. The first-order valence-electron chi connectivity index (χ1n) is 6.86. The van der Waals surface area contributed by atoms with Crippen LogP contribution < -0.4 is 0 Å². The van der Waals surface area contributed by atoms with Gasteiger partial charge in [-0.25, -0.2) is 0 Å². The van der Waals surface area contributed by atoms with E-state index in [1.165, 1.54) is 10.4 Å². The summed E-state index contributed by atoms with van der Waals surface area (Å²) < 4.78 is 10.7. The van der Waals surface area contributed by atoms with Crippen LogP contribution in [0.25, 0.3) is 0 Å². The van der Waals surface area contributed by atoms with Gasteiger partial charge >= 0.3 is 5.97 Å². The van der Waals surface area contributed by atoms with Crippen LogP contribution in [0.2, 0.25) is 0 Å². The number of fused-ring (bicyclic) bond motifs is 1. The highest BCUT2D eigenvalue weighted by Gasteiger charge is 2.27. The van der Waals surface area contributed by atoms with Gasteiger partial charge in [0.25, 0.3) is 0 Å². The summed E-state index contributed by atoms with van der Waals surface area (Å²) in [6.07, 6.45) is 2.74. The summed E-state index contributed by atoms with van der Waals surface area (Å²) in [7, 11) is 1.76. The van der Waals surface area contributed by atoms with Crippen LogP contribution in [0.15, 0.2) is 6.07 Å². The lowest BCUT2D eigenvalue weighted by Crippen LogP contribution is -2.13. The lowest BCUT2D eigenvalue weighted by atomic mass is 9.88. The fourth-order valence-electron chi connectivity index (χ4n) is 2.58. The minimum absolute atomic E-state index is 0.0484. The molecule has 1 aliphatic carbocycles. The number of ether oxygens (including phenoxy) is 2. The molecule has 0 aliphatic heterocycles. The molecule has 0 radical (unpaired) electrons. The Hall–Kier alpha value is -0.870. The summed E-state index contributed by atoms with van der Waals surface area (Å²) >= 11 is 1.74. The number of thiophene rings is 1. The van der Waals surface area contributed by atoms with Gasteiger partial charge in [-0.15, -0.1) is 11.3 Å². The minimum Gasteiger partial charge on any atom is -0.463 e. The Kier molecular flexibility index (Phi) is 4.63. The van der Waals surface area contributed by atoms with Crippen LogP contribution in [0, 0.1) is 0 Å². The van der Waals surface area contributed by atoms with Crippen molar-refractivity contribution < 1.29 is 14.3 Å². The van der Waals surface area contributed by atoms with Crippen molar-refractivity contribution in [3.05, 3.63) is 21.4 Å². The van der Waals surface area contributed by atoms with Gasteiger partial charge in [0.1, 0.15) is 0 Å². The van der Waals surface area contributed by atoms with Crippen LogP contribution >= 0.6 is 11.3 Å². The number of carbonyl (C=O) groups is 1. The van der Waals surface area contributed by atoms with E-state index in [1.807, 2.05) is 13.8 Å². The van der Waals surface area contributed by atoms with E-state index < -0.39 is 0 Å². The van der Waals surface area contributed by atoms with Gasteiger partial charge in [0.2, 0.25) is 0 Å². The third-order valence-electron chi connectivity index (χ3n) is 3.47. The van der Waals surface area contributed by atoms with Crippen molar-refractivity contribution in [3.63, 3.8) is 0 Å². The maximum Gasteiger partial charge on any atom is 0.311 e. The molecule has 0 spiro atoms. The first-order chi connectivity index (χ1) is 9.01. The first-order valence-corrected chi connectivity index (χ1v) is 7.67. The van der Waals surface area contributed by atoms with Crippen molar-refractivity contribution >= 4 is 17.3 Å². The van der Waals surface area contributed by atoms with Gasteiger partial charge in [0.05, 0.1) is 18.6 Å². The van der Waals surface area contributed by atoms with E-state index in [-0.39, 0.29) is 18.2 Å². The summed E-state index contributed by atoms with van der Waals surface area (Å²) in [6.45, 7) is 6.00. The van der Waals surface area contributed by atoms with Crippen LogP contribution in [-0.2, 0) is 20.7 Å². The van der Waals surface area contributed by atoms with E-state index in [9.17, 15) is 4.79 Å². The first kappa shape index (κ1) is 14.5. The molecule has 0 bridgehead atoms. The fourth-order valence-corrected chi connectivity index (χ4v) is 3.86. The molecular formula is C15H22O3S. The number of methoxy groups -OCH3 is 1. The van der Waals surface area contributed by atoms with E-state index in [0.29, 0.717) is 12.3 Å². The Bertz CT molecular complexity index is 450. The molecule has 1 aromatic rings. The summed E-state index contributed by atoms with van der Waals surface area (Å²) in [6, 6.07) is 2.13. The Morgan fingerprint density at radius 3 is 2.84 bits per heavy atom. The smallest absolute Gasteiger partial charge is 0.311 e. The van der Waals surface area contributed by atoms with E-state index >= 15 is 0 Å². The highest BCUT2D eigenvalue weighted by atomic mass is 32.1. The van der Waals surface area contributed by atoms with Crippen molar-refractivity contribution in [3.8, 4) is 0 Å². The third kappa shape index (κ3) is 3.37. The average molecular weight is 282 g/mol. The van der Waals surface area contributed by atoms with E-state index in [0.717, 1.165) is 17.7 Å². The van der Waals surface area contributed by atoms with Crippen LogP contribution in [0.1, 0.15) is 61.0 Å². The molecule has 106 valence electrons. The van der Waals surface area contributed by atoms with Gasteiger partial charge in [0, 0.05) is 16.9 Å². The number of hydrogen-bond acceptors (Lipinski definition) is 4. The topological polar surface area (TPSA) is 35.5 Å². The minimum atomic E-state index is -0.143. The molecule has 1 aliphatic rings. The van der Waals surface area contributed by atoms with Gasteiger partial charge in [-0.1, -0.05) is 6.92 Å². The molecule has 0 amide bonds. The quantitative estimate of drug-likeness (QED) is 0.787. The summed E-state index contributed by atoms with van der Waals surface area (Å²) in [5.41, 5.74) is 1.28. The second-order valence-corrected chi connectivity index (χ2v) is 6.62. The normalized spacial score (nSPS) is 22.4. The zero-order valence-corrected chi connectivity index (χ0v) is 12.9. The Labute approximate surface area is 118 Å². The third-order valence-corrected chi connectivity index (χ3v) is 4.85. The van der Waals surface area contributed by atoms with Gasteiger partial charge in [-0.3, -0.25) is 4.79 Å². The van der Waals surface area contributed by atoms with Gasteiger partial charge in [-0.05, 0) is 44.2 Å². The molecule has 0 saturated carbocycles. The van der Waals surface area contributed by atoms with Gasteiger partial charge < -0.3 is 9.47 Å². The fraction of sp³-hybridized carbons (Fsp3) is 0.667. The second kappa shape index (κ2) is 6.06. The molecule has 1 aromatic heterocycles. The predicted octanol–water partition coefficient (Wildman–Crippen LogP) is 3.83. The van der Waals surface area contributed by atoms with Crippen molar-refractivity contribution in [2.45, 2.75) is 58.2 Å². The van der Waals surface area contributed by atoms with Crippen molar-refractivity contribution in [2.75, 3.05) is 7.11 Å².